The summed E-state index contributed by atoms with van der Waals surface area (Å²) in [6.45, 7) is 6.09. The number of nitrogens with zero attached hydrogens (tertiary/aromatic N) is 1. The molecular weight excluding hydrogens is 206 g/mol. The minimum Gasteiger partial charge on any atom is -0.313 e. The monoisotopic (exact) mass is 221 g/mol. The molecule has 0 aliphatic heterocycles. The van der Waals surface area contributed by atoms with E-state index in [1.165, 1.54) is 16.0 Å². The first kappa shape index (κ1) is 10.4. The summed E-state index contributed by atoms with van der Waals surface area (Å²) >= 11 is 1.76. The quantitative estimate of drug-likeness (QED) is 0.833. The summed E-state index contributed by atoms with van der Waals surface area (Å²) in [4.78, 5) is 1.29. The van der Waals surface area contributed by atoms with Crippen LogP contribution in [0.2, 0.25) is 0 Å². The van der Waals surface area contributed by atoms with Crippen molar-refractivity contribution in [1.82, 2.24) is 15.5 Å². The van der Waals surface area contributed by atoms with Gasteiger partial charge in [-0.25, -0.2) is 0 Å². The summed E-state index contributed by atoms with van der Waals surface area (Å²) in [5, 5.41) is 12.6. The van der Waals surface area contributed by atoms with E-state index < -0.39 is 0 Å². The third-order valence-electron chi connectivity index (χ3n) is 2.37. The highest BCUT2D eigenvalue weighted by atomic mass is 32.1. The van der Waals surface area contributed by atoms with E-state index in [1.54, 1.807) is 11.3 Å². The van der Waals surface area contributed by atoms with Crippen LogP contribution in [-0.2, 0) is 6.54 Å². The standard InChI is InChI=1S/C11H15N3S/c1-3-12-6-9-7-13-14-10(9)11-8(2)4-5-15-11/h4-5,7,12H,3,6H2,1-2H3,(H,13,14). The molecule has 15 heavy (non-hydrogen) atoms. The van der Waals surface area contributed by atoms with Crippen molar-refractivity contribution in [2.45, 2.75) is 20.4 Å². The van der Waals surface area contributed by atoms with Gasteiger partial charge in [0.25, 0.3) is 0 Å². The molecule has 2 rings (SSSR count). The van der Waals surface area contributed by atoms with Gasteiger partial charge in [0.1, 0.15) is 0 Å². The van der Waals surface area contributed by atoms with Crippen LogP contribution in [0.25, 0.3) is 10.6 Å². The lowest BCUT2D eigenvalue weighted by molar-refractivity contribution is 0.728. The summed E-state index contributed by atoms with van der Waals surface area (Å²) < 4.78 is 0. The maximum Gasteiger partial charge on any atom is 0.0797 e. The van der Waals surface area contributed by atoms with Crippen molar-refractivity contribution in [1.29, 1.82) is 0 Å². The molecule has 0 amide bonds. The summed E-state index contributed by atoms with van der Waals surface area (Å²) in [6, 6.07) is 2.14. The molecule has 0 bridgehead atoms. The van der Waals surface area contributed by atoms with Gasteiger partial charge in [-0.05, 0) is 30.5 Å². The van der Waals surface area contributed by atoms with Gasteiger partial charge in [0.15, 0.2) is 0 Å². The molecule has 80 valence electrons. The smallest absolute Gasteiger partial charge is 0.0797 e. The molecule has 0 spiro atoms. The van der Waals surface area contributed by atoms with E-state index in [0.29, 0.717) is 0 Å². The fraction of sp³-hybridized carbons (Fsp3) is 0.364. The van der Waals surface area contributed by atoms with Crippen LogP contribution >= 0.6 is 11.3 Å². The van der Waals surface area contributed by atoms with Gasteiger partial charge < -0.3 is 5.32 Å². The van der Waals surface area contributed by atoms with Crippen LogP contribution in [0.1, 0.15) is 18.1 Å². The maximum absolute atomic E-state index is 4.11. The number of aromatic amines is 1. The van der Waals surface area contributed by atoms with Crippen molar-refractivity contribution >= 4 is 11.3 Å². The molecule has 2 heterocycles. The van der Waals surface area contributed by atoms with Crippen molar-refractivity contribution in [3.05, 3.63) is 28.8 Å². The molecule has 0 atom stereocenters. The van der Waals surface area contributed by atoms with Crippen molar-refractivity contribution in [2.75, 3.05) is 6.54 Å². The van der Waals surface area contributed by atoms with Crippen LogP contribution in [0.3, 0.4) is 0 Å². The minimum absolute atomic E-state index is 0.875. The van der Waals surface area contributed by atoms with E-state index in [4.69, 9.17) is 0 Å². The highest BCUT2D eigenvalue weighted by molar-refractivity contribution is 7.13. The Morgan fingerprint density at radius 1 is 1.53 bits per heavy atom. The Labute approximate surface area is 93.5 Å². The zero-order valence-electron chi connectivity index (χ0n) is 9.00. The average Bonchev–Trinajstić information content (AvgIpc) is 2.82. The molecule has 2 aromatic heterocycles. The Morgan fingerprint density at radius 2 is 2.40 bits per heavy atom. The molecule has 3 nitrogen and oxygen atoms in total. The van der Waals surface area contributed by atoms with Crippen molar-refractivity contribution in [3.63, 3.8) is 0 Å². The van der Waals surface area contributed by atoms with Crippen molar-refractivity contribution < 1.29 is 0 Å². The predicted molar refractivity (Wildman–Crippen MR) is 64.0 cm³/mol. The van der Waals surface area contributed by atoms with Crippen LogP contribution in [0.4, 0.5) is 0 Å². The SMILES string of the molecule is CCNCc1cn[nH]c1-c1sccc1C. The molecule has 2 N–H and O–H groups in total. The first-order valence-electron chi connectivity index (χ1n) is 5.10. The Bertz CT molecular complexity index is 430. The predicted octanol–water partition coefficient (Wildman–Crippen LogP) is 2.56. The molecule has 4 heteroatoms. The molecule has 2 aromatic rings. The Morgan fingerprint density at radius 3 is 3.07 bits per heavy atom. The number of aromatic nitrogens is 2. The van der Waals surface area contributed by atoms with Crippen LogP contribution < -0.4 is 5.32 Å². The number of nitrogens with one attached hydrogen (secondary N) is 2. The molecule has 0 saturated heterocycles. The van der Waals surface area contributed by atoms with Crippen LogP contribution in [0, 0.1) is 6.92 Å². The largest absolute Gasteiger partial charge is 0.313 e. The third kappa shape index (κ3) is 2.11. The molecule has 0 unspecified atom stereocenters. The fourth-order valence-electron chi connectivity index (χ4n) is 1.53. The van der Waals surface area contributed by atoms with E-state index in [2.05, 4.69) is 40.8 Å². The van der Waals surface area contributed by atoms with E-state index in [0.717, 1.165) is 18.8 Å². The molecule has 0 aliphatic rings. The number of aryl methyl sites for hydroxylation is 1. The highest BCUT2D eigenvalue weighted by Gasteiger charge is 2.10. The lowest BCUT2D eigenvalue weighted by Crippen LogP contribution is -2.11. The molecule has 0 aliphatic carbocycles. The van der Waals surface area contributed by atoms with Crippen LogP contribution in [0.15, 0.2) is 17.6 Å². The lowest BCUT2D eigenvalue weighted by Gasteiger charge is -2.02. The summed E-state index contributed by atoms with van der Waals surface area (Å²) in [5.74, 6) is 0. The number of hydrogen-bond donors (Lipinski definition) is 2. The fourth-order valence-corrected chi connectivity index (χ4v) is 2.49. The average molecular weight is 221 g/mol. The minimum atomic E-state index is 0.875. The van der Waals surface area contributed by atoms with Gasteiger partial charge in [0.2, 0.25) is 0 Å². The van der Waals surface area contributed by atoms with Crippen LogP contribution in [-0.4, -0.2) is 16.7 Å². The number of rotatable bonds is 4. The second-order valence-electron chi connectivity index (χ2n) is 3.48. The van der Waals surface area contributed by atoms with Gasteiger partial charge in [-0.3, -0.25) is 5.10 Å². The third-order valence-corrected chi connectivity index (χ3v) is 3.41. The summed E-state index contributed by atoms with van der Waals surface area (Å²) in [7, 11) is 0. The molecule has 0 radical (unpaired) electrons. The normalized spacial score (nSPS) is 10.8. The zero-order chi connectivity index (χ0) is 10.7. The summed E-state index contributed by atoms with van der Waals surface area (Å²) in [5.41, 5.74) is 3.70. The Balaban J connectivity index is 2.29. The van der Waals surface area contributed by atoms with Crippen molar-refractivity contribution in [3.8, 4) is 10.6 Å². The first-order valence-corrected chi connectivity index (χ1v) is 5.98. The number of hydrogen-bond acceptors (Lipinski definition) is 3. The Kier molecular flexibility index (Phi) is 3.18. The second-order valence-corrected chi connectivity index (χ2v) is 4.40. The molecular formula is C11H15N3S. The zero-order valence-corrected chi connectivity index (χ0v) is 9.82. The highest BCUT2D eigenvalue weighted by Crippen LogP contribution is 2.29. The van der Waals surface area contributed by atoms with Gasteiger partial charge in [-0.2, -0.15) is 5.10 Å². The van der Waals surface area contributed by atoms with E-state index in [1.807, 2.05) is 6.20 Å². The van der Waals surface area contributed by atoms with Crippen LogP contribution in [0.5, 0.6) is 0 Å². The maximum atomic E-state index is 4.11. The second kappa shape index (κ2) is 4.59. The molecule has 0 aromatic carbocycles. The van der Waals surface area contributed by atoms with Gasteiger partial charge in [-0.1, -0.05) is 6.92 Å². The van der Waals surface area contributed by atoms with Gasteiger partial charge >= 0.3 is 0 Å². The first-order chi connectivity index (χ1) is 7.33. The number of thiophene rings is 1. The topological polar surface area (TPSA) is 40.7 Å². The van der Waals surface area contributed by atoms with E-state index >= 15 is 0 Å². The van der Waals surface area contributed by atoms with E-state index in [9.17, 15) is 0 Å². The van der Waals surface area contributed by atoms with Crippen molar-refractivity contribution in [2.24, 2.45) is 0 Å². The molecule has 0 fully saturated rings. The van der Waals surface area contributed by atoms with Gasteiger partial charge in [0.05, 0.1) is 16.8 Å². The Hall–Kier alpha value is -1.13. The van der Waals surface area contributed by atoms with E-state index in [-0.39, 0.29) is 0 Å². The lowest BCUT2D eigenvalue weighted by atomic mass is 10.1. The van der Waals surface area contributed by atoms with Gasteiger partial charge in [0, 0.05) is 12.1 Å². The molecule has 0 saturated carbocycles. The van der Waals surface area contributed by atoms with Gasteiger partial charge in [-0.15, -0.1) is 11.3 Å². The number of H-pyrrole nitrogens is 1. The summed E-state index contributed by atoms with van der Waals surface area (Å²) in [6.07, 6.45) is 1.90.